The van der Waals surface area contributed by atoms with Crippen LogP contribution >= 0.6 is 0 Å². The molecule has 0 saturated heterocycles. The molecule has 0 bridgehead atoms. The zero-order chi connectivity index (χ0) is 27.3. The second kappa shape index (κ2) is 11.5. The van der Waals surface area contributed by atoms with Gasteiger partial charge in [0.1, 0.15) is 5.75 Å². The first kappa shape index (κ1) is 26.9. The van der Waals surface area contributed by atoms with Crippen LogP contribution in [-0.4, -0.2) is 40.4 Å². The summed E-state index contributed by atoms with van der Waals surface area (Å²) in [5, 5.41) is 1.72. The van der Waals surface area contributed by atoms with E-state index in [0.717, 1.165) is 21.9 Å². The maximum absolute atomic E-state index is 13.8. The number of aryl methyl sites for hydroxylation is 2. The van der Waals surface area contributed by atoms with E-state index in [9.17, 15) is 18.0 Å². The Bertz CT molecular complexity index is 1560. The van der Waals surface area contributed by atoms with Gasteiger partial charge in [0.2, 0.25) is 0 Å². The highest BCUT2D eigenvalue weighted by Crippen LogP contribution is 2.28. The van der Waals surface area contributed by atoms with E-state index in [-0.39, 0.29) is 23.6 Å². The predicted octanol–water partition coefficient (Wildman–Crippen LogP) is 5.48. The predicted molar refractivity (Wildman–Crippen MR) is 147 cm³/mol. The largest absolute Gasteiger partial charge is 0.497 e. The SMILES string of the molecule is COc1ccc(C(=O)COC(=O)CCN(c2cc(C)cc(C)c2)S(=O)(=O)c2ccc3ccccc3c2)cc1. The average Bonchev–Trinajstić information content (AvgIpc) is 2.91. The molecule has 0 spiro atoms. The number of rotatable bonds is 10. The summed E-state index contributed by atoms with van der Waals surface area (Å²) < 4.78 is 39.1. The van der Waals surface area contributed by atoms with Crippen LogP contribution < -0.4 is 9.04 Å². The minimum atomic E-state index is -4.01. The Morgan fingerprint density at radius 2 is 1.47 bits per heavy atom. The Morgan fingerprint density at radius 3 is 2.13 bits per heavy atom. The van der Waals surface area contributed by atoms with E-state index < -0.39 is 22.6 Å². The van der Waals surface area contributed by atoms with Gasteiger partial charge in [-0.05, 0) is 84.3 Å². The van der Waals surface area contributed by atoms with Crippen LogP contribution in [0, 0.1) is 13.8 Å². The molecule has 0 N–H and O–H groups in total. The van der Waals surface area contributed by atoms with Crippen LogP contribution in [0.5, 0.6) is 5.75 Å². The molecule has 4 aromatic rings. The van der Waals surface area contributed by atoms with E-state index in [0.29, 0.717) is 17.0 Å². The van der Waals surface area contributed by atoms with Crippen molar-refractivity contribution in [2.75, 3.05) is 24.6 Å². The van der Waals surface area contributed by atoms with Crippen LogP contribution in [0.15, 0.2) is 89.8 Å². The van der Waals surface area contributed by atoms with Crippen molar-refractivity contribution in [2.45, 2.75) is 25.2 Å². The van der Waals surface area contributed by atoms with Crippen molar-refractivity contribution < 1.29 is 27.5 Å². The second-order valence-corrected chi connectivity index (χ2v) is 10.9. The molecule has 38 heavy (non-hydrogen) atoms. The van der Waals surface area contributed by atoms with Crippen LogP contribution in [0.1, 0.15) is 27.9 Å². The fourth-order valence-corrected chi connectivity index (χ4v) is 5.69. The molecule has 8 heteroatoms. The van der Waals surface area contributed by atoms with Crippen LogP contribution in [0.4, 0.5) is 5.69 Å². The molecule has 0 aliphatic carbocycles. The molecule has 4 rings (SSSR count). The molecule has 0 aromatic heterocycles. The number of nitrogens with zero attached hydrogens (tertiary/aromatic N) is 1. The number of benzene rings is 4. The van der Waals surface area contributed by atoms with Gasteiger partial charge in [-0.15, -0.1) is 0 Å². The summed E-state index contributed by atoms with van der Waals surface area (Å²) in [7, 11) is -2.48. The fourth-order valence-electron chi connectivity index (χ4n) is 4.21. The van der Waals surface area contributed by atoms with Gasteiger partial charge in [-0.1, -0.05) is 36.4 Å². The van der Waals surface area contributed by atoms with Gasteiger partial charge in [-0.25, -0.2) is 8.42 Å². The highest BCUT2D eigenvalue weighted by Gasteiger charge is 2.27. The van der Waals surface area contributed by atoms with Crippen molar-refractivity contribution in [3.63, 3.8) is 0 Å². The zero-order valence-electron chi connectivity index (χ0n) is 21.5. The first-order valence-electron chi connectivity index (χ1n) is 12.1. The van der Waals surface area contributed by atoms with Gasteiger partial charge in [0.15, 0.2) is 12.4 Å². The fraction of sp³-hybridized carbons (Fsp3) is 0.200. The maximum atomic E-state index is 13.8. The number of fused-ring (bicyclic) bond motifs is 1. The average molecular weight is 532 g/mol. The lowest BCUT2D eigenvalue weighted by molar-refractivity contribution is -0.142. The Hall–Kier alpha value is -4.17. The number of methoxy groups -OCH3 is 1. The third-order valence-electron chi connectivity index (χ3n) is 6.10. The minimum absolute atomic E-state index is 0.124. The Kier molecular flexibility index (Phi) is 8.12. The summed E-state index contributed by atoms with van der Waals surface area (Å²) in [6, 6.07) is 24.4. The van der Waals surface area contributed by atoms with Crippen molar-refractivity contribution in [1.82, 2.24) is 0 Å². The highest BCUT2D eigenvalue weighted by atomic mass is 32.2. The Morgan fingerprint density at radius 1 is 0.816 bits per heavy atom. The standard InChI is InChI=1S/C30H29NO6S/c1-21-16-22(2)18-26(17-21)31(38(34,35)28-13-10-23-6-4-5-7-25(23)19-28)15-14-30(33)37-20-29(32)24-8-11-27(36-3)12-9-24/h4-13,16-19H,14-15,20H2,1-3H3. The number of anilines is 1. The van der Waals surface area contributed by atoms with Crippen LogP contribution in [-0.2, 0) is 19.6 Å². The topological polar surface area (TPSA) is 90.0 Å². The van der Waals surface area contributed by atoms with Gasteiger partial charge in [0, 0.05) is 12.1 Å². The van der Waals surface area contributed by atoms with Gasteiger partial charge in [-0.2, -0.15) is 0 Å². The van der Waals surface area contributed by atoms with Crippen LogP contribution in [0.2, 0.25) is 0 Å². The molecule has 0 aliphatic heterocycles. The number of ketones is 1. The van der Waals surface area contributed by atoms with Crippen LogP contribution in [0.25, 0.3) is 10.8 Å². The van der Waals surface area contributed by atoms with E-state index >= 15 is 0 Å². The lowest BCUT2D eigenvalue weighted by Crippen LogP contribution is -2.33. The smallest absolute Gasteiger partial charge is 0.308 e. The van der Waals surface area contributed by atoms with Crippen LogP contribution in [0.3, 0.4) is 0 Å². The van der Waals surface area contributed by atoms with Crippen molar-refractivity contribution in [1.29, 1.82) is 0 Å². The lowest BCUT2D eigenvalue weighted by atomic mass is 10.1. The van der Waals surface area contributed by atoms with E-state index in [2.05, 4.69) is 0 Å². The molecule has 0 amide bonds. The van der Waals surface area contributed by atoms with Crippen molar-refractivity contribution in [3.8, 4) is 5.75 Å². The number of sulfonamides is 1. The van der Waals surface area contributed by atoms with Crippen molar-refractivity contribution >= 4 is 38.2 Å². The highest BCUT2D eigenvalue weighted by molar-refractivity contribution is 7.92. The third-order valence-corrected chi connectivity index (χ3v) is 7.92. The lowest BCUT2D eigenvalue weighted by Gasteiger charge is -2.25. The molecule has 7 nitrogen and oxygen atoms in total. The molecular weight excluding hydrogens is 502 g/mol. The molecule has 196 valence electrons. The third kappa shape index (κ3) is 6.20. The molecule has 0 saturated carbocycles. The number of ether oxygens (including phenoxy) is 2. The summed E-state index contributed by atoms with van der Waals surface area (Å²) in [6.07, 6.45) is -0.226. The number of carbonyl (C=O) groups is 2. The molecule has 0 fully saturated rings. The Labute approximate surface area is 222 Å². The van der Waals surface area contributed by atoms with Crippen molar-refractivity contribution in [3.05, 3.63) is 102 Å². The van der Waals surface area contributed by atoms with Crippen molar-refractivity contribution in [2.24, 2.45) is 0 Å². The summed E-state index contributed by atoms with van der Waals surface area (Å²) >= 11 is 0. The molecule has 0 atom stereocenters. The Balaban J connectivity index is 1.53. The molecule has 0 radical (unpaired) electrons. The molecule has 0 unspecified atom stereocenters. The van der Waals surface area contributed by atoms with E-state index in [4.69, 9.17) is 9.47 Å². The number of carbonyl (C=O) groups excluding carboxylic acids is 2. The van der Waals surface area contributed by atoms with Gasteiger partial charge >= 0.3 is 5.97 Å². The quantitative estimate of drug-likeness (QED) is 0.199. The van der Waals surface area contributed by atoms with E-state index in [1.807, 2.05) is 44.2 Å². The summed E-state index contributed by atoms with van der Waals surface area (Å²) in [6.45, 7) is 3.19. The monoisotopic (exact) mass is 531 g/mol. The molecule has 0 heterocycles. The van der Waals surface area contributed by atoms with E-state index in [1.54, 1.807) is 54.6 Å². The number of hydrogen-bond donors (Lipinski definition) is 0. The number of Topliss-reactive ketones (excluding diaryl/α,β-unsaturated/α-hetero) is 1. The van der Waals surface area contributed by atoms with Gasteiger partial charge < -0.3 is 9.47 Å². The van der Waals surface area contributed by atoms with Gasteiger partial charge in [-0.3, -0.25) is 13.9 Å². The molecular formula is C30H29NO6S. The zero-order valence-corrected chi connectivity index (χ0v) is 22.3. The molecule has 4 aromatic carbocycles. The number of hydrogen-bond acceptors (Lipinski definition) is 6. The molecule has 0 aliphatic rings. The normalized spacial score (nSPS) is 11.2. The van der Waals surface area contributed by atoms with Gasteiger partial charge in [0.25, 0.3) is 10.0 Å². The second-order valence-electron chi connectivity index (χ2n) is 8.99. The summed E-state index contributed by atoms with van der Waals surface area (Å²) in [5.74, 6) is -0.427. The van der Waals surface area contributed by atoms with Gasteiger partial charge in [0.05, 0.1) is 24.1 Å². The minimum Gasteiger partial charge on any atom is -0.497 e. The number of esters is 1. The summed E-state index contributed by atoms with van der Waals surface area (Å²) in [4.78, 5) is 25.1. The first-order valence-corrected chi connectivity index (χ1v) is 13.5. The maximum Gasteiger partial charge on any atom is 0.308 e. The summed E-state index contributed by atoms with van der Waals surface area (Å²) in [5.41, 5.74) is 2.63. The first-order chi connectivity index (χ1) is 18.2. The van der Waals surface area contributed by atoms with E-state index in [1.165, 1.54) is 11.4 Å².